The van der Waals surface area contributed by atoms with E-state index in [1.165, 1.54) is 25.3 Å². The second-order valence-corrected chi connectivity index (χ2v) is 7.89. The number of nitrogens with one attached hydrogen (secondary N) is 1. The molecule has 0 saturated heterocycles. The van der Waals surface area contributed by atoms with Gasteiger partial charge in [0.25, 0.3) is 0 Å². The molecule has 0 aromatic carbocycles. The van der Waals surface area contributed by atoms with E-state index in [1.54, 1.807) is 6.20 Å². The Morgan fingerprint density at radius 2 is 2.16 bits per heavy atom. The largest absolute Gasteiger partial charge is 0.364 e. The van der Waals surface area contributed by atoms with Gasteiger partial charge in [-0.15, -0.1) is 0 Å². The van der Waals surface area contributed by atoms with Crippen LogP contribution in [0.5, 0.6) is 0 Å². The number of hydrogen-bond donors (Lipinski definition) is 1. The van der Waals surface area contributed by atoms with Gasteiger partial charge in [-0.3, -0.25) is 0 Å². The lowest BCUT2D eigenvalue weighted by Crippen LogP contribution is -2.46. The van der Waals surface area contributed by atoms with Crippen LogP contribution in [0.4, 0.5) is 10.2 Å². The van der Waals surface area contributed by atoms with Crippen LogP contribution < -0.4 is 5.32 Å². The van der Waals surface area contributed by atoms with E-state index in [1.807, 2.05) is 0 Å². The summed E-state index contributed by atoms with van der Waals surface area (Å²) in [5.74, 6) is 0.847. The molecule has 2 saturated carbocycles. The molecule has 0 aliphatic heterocycles. The number of hydrogen-bond acceptors (Lipinski definition) is 2. The third-order valence-corrected chi connectivity index (χ3v) is 5.79. The normalized spacial score (nSPS) is 35.6. The maximum Gasteiger partial charge on any atom is 0.166 e. The van der Waals surface area contributed by atoms with Gasteiger partial charge in [-0.2, -0.15) is 0 Å². The van der Waals surface area contributed by atoms with Gasteiger partial charge < -0.3 is 5.32 Å². The maximum absolute atomic E-state index is 14.0. The minimum absolute atomic E-state index is 0.203. The molecule has 2 fully saturated rings. The topological polar surface area (TPSA) is 24.9 Å². The number of nitrogens with zero attached hydrogens (tertiary/aromatic N) is 1. The molecule has 1 N–H and O–H groups in total. The third kappa shape index (κ3) is 1.99. The summed E-state index contributed by atoms with van der Waals surface area (Å²) in [5.41, 5.74) is 0.476. The van der Waals surface area contributed by atoms with E-state index in [0.29, 0.717) is 16.3 Å². The van der Waals surface area contributed by atoms with Gasteiger partial charge in [0.15, 0.2) is 11.6 Å². The van der Waals surface area contributed by atoms with Crippen molar-refractivity contribution in [3.8, 4) is 0 Å². The molecule has 2 nitrogen and oxygen atoms in total. The van der Waals surface area contributed by atoms with Gasteiger partial charge in [0.2, 0.25) is 0 Å². The van der Waals surface area contributed by atoms with Gasteiger partial charge in [0, 0.05) is 16.7 Å². The van der Waals surface area contributed by atoms with Crippen LogP contribution in [0.15, 0.2) is 16.7 Å². The molecular formula is C15H20BrFN2. The van der Waals surface area contributed by atoms with Gasteiger partial charge in [-0.1, -0.05) is 20.8 Å². The van der Waals surface area contributed by atoms with Crippen molar-refractivity contribution in [2.45, 2.75) is 46.1 Å². The van der Waals surface area contributed by atoms with Crippen molar-refractivity contribution in [3.05, 3.63) is 22.6 Å². The molecular weight excluding hydrogens is 307 g/mol. The van der Waals surface area contributed by atoms with Crippen LogP contribution in [-0.2, 0) is 0 Å². The summed E-state index contributed by atoms with van der Waals surface area (Å²) in [7, 11) is 0. The number of pyridine rings is 1. The maximum atomic E-state index is 14.0. The van der Waals surface area contributed by atoms with Crippen molar-refractivity contribution in [2.75, 3.05) is 5.32 Å². The molecule has 2 aliphatic rings. The van der Waals surface area contributed by atoms with Crippen LogP contribution in [0, 0.1) is 22.6 Å². The smallest absolute Gasteiger partial charge is 0.166 e. The highest BCUT2D eigenvalue weighted by atomic mass is 79.9. The predicted octanol–water partition coefficient (Wildman–Crippen LogP) is 4.61. The third-order valence-electron chi connectivity index (χ3n) is 5.36. The lowest BCUT2D eigenvalue weighted by atomic mass is 9.68. The first-order chi connectivity index (χ1) is 8.83. The fraction of sp³-hybridized carbons (Fsp3) is 0.667. The lowest BCUT2D eigenvalue weighted by molar-refractivity contribution is 0.155. The van der Waals surface area contributed by atoms with Gasteiger partial charge >= 0.3 is 0 Å². The SMILES string of the molecule is CC12CCC(C1)C(C)(C)C2Nc1ncc(Br)cc1F. The molecule has 0 spiro atoms. The molecule has 2 aliphatic carbocycles. The van der Waals surface area contributed by atoms with Gasteiger partial charge in [-0.25, -0.2) is 9.37 Å². The number of aromatic nitrogens is 1. The van der Waals surface area contributed by atoms with E-state index < -0.39 is 0 Å². The average Bonchev–Trinajstić information content (AvgIpc) is 2.78. The fourth-order valence-electron chi connectivity index (χ4n) is 4.32. The van der Waals surface area contributed by atoms with Crippen molar-refractivity contribution >= 4 is 21.7 Å². The summed E-state index contributed by atoms with van der Waals surface area (Å²) in [5, 5.41) is 3.39. The Balaban J connectivity index is 1.90. The molecule has 3 unspecified atom stereocenters. The van der Waals surface area contributed by atoms with Crippen molar-refractivity contribution in [1.29, 1.82) is 0 Å². The lowest BCUT2D eigenvalue weighted by Gasteiger charge is -2.43. The van der Waals surface area contributed by atoms with E-state index in [4.69, 9.17) is 0 Å². The molecule has 0 amide bonds. The summed E-state index contributed by atoms with van der Waals surface area (Å²) < 4.78 is 14.6. The zero-order chi connectivity index (χ0) is 13.8. The highest BCUT2D eigenvalue weighted by Crippen LogP contribution is 2.63. The van der Waals surface area contributed by atoms with Gasteiger partial charge in [-0.05, 0) is 58.0 Å². The van der Waals surface area contributed by atoms with E-state index in [9.17, 15) is 4.39 Å². The van der Waals surface area contributed by atoms with Crippen LogP contribution in [-0.4, -0.2) is 11.0 Å². The van der Waals surface area contributed by atoms with Gasteiger partial charge in [0.05, 0.1) is 0 Å². The predicted molar refractivity (Wildman–Crippen MR) is 78.5 cm³/mol. The minimum atomic E-state index is -0.281. The molecule has 1 heterocycles. The molecule has 2 bridgehead atoms. The first kappa shape index (κ1) is 13.3. The first-order valence-electron chi connectivity index (χ1n) is 6.90. The first-order valence-corrected chi connectivity index (χ1v) is 7.70. The second kappa shape index (κ2) is 4.18. The Morgan fingerprint density at radius 3 is 2.74 bits per heavy atom. The van der Waals surface area contributed by atoms with Crippen molar-refractivity contribution < 1.29 is 4.39 Å². The van der Waals surface area contributed by atoms with Crippen LogP contribution in [0.3, 0.4) is 0 Å². The summed E-state index contributed by atoms with van der Waals surface area (Å²) in [6.07, 6.45) is 5.43. The Hall–Kier alpha value is -0.640. The molecule has 3 rings (SSSR count). The van der Waals surface area contributed by atoms with E-state index >= 15 is 0 Å². The van der Waals surface area contributed by atoms with E-state index in [0.717, 1.165) is 5.92 Å². The molecule has 4 heteroatoms. The highest BCUT2D eigenvalue weighted by molar-refractivity contribution is 9.10. The molecule has 1 aromatic heterocycles. The zero-order valence-electron chi connectivity index (χ0n) is 11.6. The van der Waals surface area contributed by atoms with Crippen molar-refractivity contribution in [3.63, 3.8) is 0 Å². The van der Waals surface area contributed by atoms with Crippen LogP contribution >= 0.6 is 15.9 Å². The van der Waals surface area contributed by atoms with Crippen molar-refractivity contribution in [2.24, 2.45) is 16.7 Å². The number of fused-ring (bicyclic) bond motifs is 2. The minimum Gasteiger partial charge on any atom is -0.364 e. The molecule has 1 aromatic rings. The second-order valence-electron chi connectivity index (χ2n) is 6.98. The Bertz CT molecular complexity index is 512. The van der Waals surface area contributed by atoms with E-state index in [2.05, 4.69) is 47.0 Å². The fourth-order valence-corrected chi connectivity index (χ4v) is 4.62. The number of halogens is 2. The molecule has 104 valence electrons. The average molecular weight is 327 g/mol. The van der Waals surface area contributed by atoms with Crippen LogP contribution in [0.1, 0.15) is 40.0 Å². The van der Waals surface area contributed by atoms with Crippen LogP contribution in [0.25, 0.3) is 0 Å². The Morgan fingerprint density at radius 1 is 1.42 bits per heavy atom. The summed E-state index contributed by atoms with van der Waals surface area (Å²) >= 11 is 3.24. The number of rotatable bonds is 2. The summed E-state index contributed by atoms with van der Waals surface area (Å²) in [6, 6.07) is 1.76. The standard InChI is InChI=1S/C15H20BrFN2/c1-14(2)9-4-5-15(3,7-9)13(14)19-12-11(17)6-10(16)8-18-12/h6,8-9,13H,4-5,7H2,1-3H3,(H,18,19). The van der Waals surface area contributed by atoms with Gasteiger partial charge in [0.1, 0.15) is 0 Å². The van der Waals surface area contributed by atoms with Crippen LogP contribution in [0.2, 0.25) is 0 Å². The zero-order valence-corrected chi connectivity index (χ0v) is 13.2. The van der Waals surface area contributed by atoms with E-state index in [-0.39, 0.29) is 16.6 Å². The quantitative estimate of drug-likeness (QED) is 0.858. The Labute approximate surface area is 122 Å². The number of anilines is 1. The highest BCUT2D eigenvalue weighted by Gasteiger charge is 2.59. The summed E-state index contributed by atoms with van der Waals surface area (Å²) in [6.45, 7) is 6.93. The van der Waals surface area contributed by atoms with Crippen molar-refractivity contribution in [1.82, 2.24) is 4.98 Å². The Kier molecular flexibility index (Phi) is 2.93. The molecule has 0 radical (unpaired) electrons. The molecule has 19 heavy (non-hydrogen) atoms. The summed E-state index contributed by atoms with van der Waals surface area (Å²) in [4.78, 5) is 4.19. The molecule has 3 atom stereocenters. The monoisotopic (exact) mass is 326 g/mol.